The summed E-state index contributed by atoms with van der Waals surface area (Å²) in [5, 5.41) is 0. The number of carbonyl (C=O) groups is 1. The first-order chi connectivity index (χ1) is 11.8. The zero-order valence-electron chi connectivity index (χ0n) is 13.6. The van der Waals surface area contributed by atoms with Crippen molar-refractivity contribution in [3.63, 3.8) is 0 Å². The van der Waals surface area contributed by atoms with E-state index in [0.717, 1.165) is 27.5 Å². The molecule has 2 aromatic rings. The van der Waals surface area contributed by atoms with Crippen molar-refractivity contribution < 1.29 is 14.3 Å². The van der Waals surface area contributed by atoms with Crippen molar-refractivity contribution in [1.29, 1.82) is 0 Å². The van der Waals surface area contributed by atoms with E-state index >= 15 is 0 Å². The lowest BCUT2D eigenvalue weighted by molar-refractivity contribution is -0.139. The number of benzene rings is 2. The van der Waals surface area contributed by atoms with Gasteiger partial charge in [0, 0.05) is 16.6 Å². The maximum atomic E-state index is 12.5. The molecule has 1 atom stereocenters. The van der Waals surface area contributed by atoms with Crippen molar-refractivity contribution in [3.8, 4) is 5.75 Å². The van der Waals surface area contributed by atoms with Gasteiger partial charge in [-0.1, -0.05) is 48.5 Å². The Hall–Kier alpha value is -2.20. The van der Waals surface area contributed by atoms with Gasteiger partial charge in [-0.3, -0.25) is 0 Å². The standard InChI is InChI=1S/C20H20O3S/c1-2-22-20(21)18-16(13-23-17-11-7-4-8-12-17)14-24-19(18)15-9-5-3-6-10-15/h3-12,16H,2,13-14H2,1H3. The van der Waals surface area contributed by atoms with Gasteiger partial charge in [-0.25, -0.2) is 4.79 Å². The summed E-state index contributed by atoms with van der Waals surface area (Å²) in [4.78, 5) is 13.5. The number of hydrogen-bond acceptors (Lipinski definition) is 4. The fraction of sp³-hybridized carbons (Fsp3) is 0.250. The number of rotatable bonds is 6. The highest BCUT2D eigenvalue weighted by atomic mass is 32.2. The van der Waals surface area contributed by atoms with Crippen molar-refractivity contribution in [3.05, 3.63) is 71.8 Å². The van der Waals surface area contributed by atoms with Crippen LogP contribution in [0.15, 0.2) is 66.2 Å². The molecule has 3 rings (SSSR count). The van der Waals surface area contributed by atoms with Crippen LogP contribution in [0.2, 0.25) is 0 Å². The van der Waals surface area contributed by atoms with Crippen LogP contribution in [0.5, 0.6) is 5.75 Å². The normalized spacial score (nSPS) is 17.0. The number of para-hydroxylation sites is 1. The molecule has 1 heterocycles. The summed E-state index contributed by atoms with van der Waals surface area (Å²) >= 11 is 1.70. The quantitative estimate of drug-likeness (QED) is 0.730. The monoisotopic (exact) mass is 340 g/mol. The molecule has 0 aliphatic carbocycles. The highest BCUT2D eigenvalue weighted by Crippen LogP contribution is 2.43. The minimum absolute atomic E-state index is 0.0319. The Morgan fingerprint density at radius 2 is 1.75 bits per heavy atom. The molecule has 0 fully saturated rings. The van der Waals surface area contributed by atoms with Gasteiger partial charge in [-0.15, -0.1) is 11.8 Å². The third-order valence-corrected chi connectivity index (χ3v) is 5.12. The molecule has 0 N–H and O–H groups in total. The summed E-state index contributed by atoms with van der Waals surface area (Å²) in [5.74, 6) is 1.44. The van der Waals surface area contributed by atoms with Gasteiger partial charge in [-0.2, -0.15) is 0 Å². The van der Waals surface area contributed by atoms with Crippen LogP contribution in [0.1, 0.15) is 12.5 Å². The van der Waals surface area contributed by atoms with Crippen molar-refractivity contribution in [1.82, 2.24) is 0 Å². The Labute approximate surface area is 146 Å². The third kappa shape index (κ3) is 3.82. The van der Waals surface area contributed by atoms with E-state index in [1.165, 1.54) is 0 Å². The molecule has 2 aromatic carbocycles. The molecule has 3 nitrogen and oxygen atoms in total. The molecule has 0 amide bonds. The minimum atomic E-state index is -0.233. The van der Waals surface area contributed by atoms with Gasteiger partial charge in [0.25, 0.3) is 0 Å². The summed E-state index contributed by atoms with van der Waals surface area (Å²) in [5.41, 5.74) is 1.80. The van der Waals surface area contributed by atoms with E-state index in [4.69, 9.17) is 9.47 Å². The molecule has 0 saturated carbocycles. The maximum absolute atomic E-state index is 12.5. The first kappa shape index (κ1) is 16.7. The van der Waals surface area contributed by atoms with Gasteiger partial charge >= 0.3 is 5.97 Å². The van der Waals surface area contributed by atoms with Gasteiger partial charge in [0.05, 0.1) is 18.8 Å². The van der Waals surface area contributed by atoms with Crippen molar-refractivity contribution in [2.75, 3.05) is 19.0 Å². The molecule has 1 aliphatic rings. The largest absolute Gasteiger partial charge is 0.493 e. The SMILES string of the molecule is CCOC(=O)C1=C(c2ccccc2)SCC1COc1ccccc1. The Balaban J connectivity index is 1.83. The van der Waals surface area contributed by atoms with Crippen molar-refractivity contribution in [2.24, 2.45) is 5.92 Å². The van der Waals surface area contributed by atoms with E-state index < -0.39 is 0 Å². The van der Waals surface area contributed by atoms with Gasteiger partial charge < -0.3 is 9.47 Å². The smallest absolute Gasteiger partial charge is 0.335 e. The van der Waals surface area contributed by atoms with Crippen LogP contribution in [0.4, 0.5) is 0 Å². The molecule has 124 valence electrons. The summed E-state index contributed by atoms with van der Waals surface area (Å²) in [7, 11) is 0. The van der Waals surface area contributed by atoms with E-state index in [-0.39, 0.29) is 11.9 Å². The summed E-state index contributed by atoms with van der Waals surface area (Å²) in [6.07, 6.45) is 0. The summed E-state index contributed by atoms with van der Waals surface area (Å²) < 4.78 is 11.2. The predicted molar refractivity (Wildman–Crippen MR) is 97.9 cm³/mol. The van der Waals surface area contributed by atoms with Crippen LogP contribution in [0.3, 0.4) is 0 Å². The van der Waals surface area contributed by atoms with Gasteiger partial charge in [0.1, 0.15) is 5.75 Å². The van der Waals surface area contributed by atoms with E-state index in [9.17, 15) is 4.79 Å². The van der Waals surface area contributed by atoms with E-state index in [2.05, 4.69) is 0 Å². The fourth-order valence-corrected chi connectivity index (χ4v) is 4.01. The molecule has 4 heteroatoms. The van der Waals surface area contributed by atoms with E-state index in [0.29, 0.717) is 13.2 Å². The molecule has 1 unspecified atom stereocenters. The lowest BCUT2D eigenvalue weighted by Crippen LogP contribution is -2.21. The Morgan fingerprint density at radius 3 is 2.42 bits per heavy atom. The molecule has 0 saturated heterocycles. The predicted octanol–water partition coefficient (Wildman–Crippen LogP) is 4.40. The van der Waals surface area contributed by atoms with E-state index in [1.54, 1.807) is 11.8 Å². The number of hydrogen-bond donors (Lipinski definition) is 0. The molecule has 0 radical (unpaired) electrons. The topological polar surface area (TPSA) is 35.5 Å². The van der Waals surface area contributed by atoms with E-state index in [1.807, 2.05) is 67.6 Å². The Morgan fingerprint density at radius 1 is 1.08 bits per heavy atom. The lowest BCUT2D eigenvalue weighted by Gasteiger charge is -2.15. The summed E-state index contributed by atoms with van der Waals surface area (Å²) in [6.45, 7) is 2.68. The lowest BCUT2D eigenvalue weighted by atomic mass is 9.99. The number of thioether (sulfide) groups is 1. The number of ether oxygens (including phenoxy) is 2. The average Bonchev–Trinajstić information content (AvgIpc) is 3.06. The maximum Gasteiger partial charge on any atom is 0.335 e. The van der Waals surface area contributed by atoms with Crippen LogP contribution in [-0.2, 0) is 9.53 Å². The minimum Gasteiger partial charge on any atom is -0.493 e. The molecular formula is C20H20O3S. The summed E-state index contributed by atoms with van der Waals surface area (Å²) in [6, 6.07) is 19.7. The van der Waals surface area contributed by atoms with Crippen molar-refractivity contribution in [2.45, 2.75) is 6.92 Å². The molecule has 24 heavy (non-hydrogen) atoms. The average molecular weight is 340 g/mol. The third-order valence-electron chi connectivity index (χ3n) is 3.81. The molecule has 0 bridgehead atoms. The second-order valence-electron chi connectivity index (χ2n) is 5.46. The van der Waals surface area contributed by atoms with Gasteiger partial charge in [-0.05, 0) is 24.6 Å². The first-order valence-corrected chi connectivity index (χ1v) is 9.05. The highest BCUT2D eigenvalue weighted by Gasteiger charge is 2.33. The van der Waals surface area contributed by atoms with Crippen LogP contribution in [0.25, 0.3) is 4.91 Å². The van der Waals surface area contributed by atoms with Crippen LogP contribution in [-0.4, -0.2) is 24.9 Å². The van der Waals surface area contributed by atoms with Gasteiger partial charge in [0.2, 0.25) is 0 Å². The number of esters is 1. The van der Waals surface area contributed by atoms with Gasteiger partial charge in [0.15, 0.2) is 0 Å². The number of carbonyl (C=O) groups excluding carboxylic acids is 1. The molecular weight excluding hydrogens is 320 g/mol. The molecule has 0 aromatic heterocycles. The fourth-order valence-electron chi connectivity index (χ4n) is 2.67. The zero-order valence-corrected chi connectivity index (χ0v) is 14.4. The van der Waals surface area contributed by atoms with Crippen LogP contribution >= 0.6 is 11.8 Å². The molecule has 0 spiro atoms. The molecule has 1 aliphatic heterocycles. The Bertz CT molecular complexity index is 710. The second kappa shape index (κ2) is 8.06. The second-order valence-corrected chi connectivity index (χ2v) is 6.49. The zero-order chi connectivity index (χ0) is 16.8. The van der Waals surface area contributed by atoms with Crippen LogP contribution < -0.4 is 4.74 Å². The highest BCUT2D eigenvalue weighted by molar-refractivity contribution is 8.08. The Kier molecular flexibility index (Phi) is 5.59. The first-order valence-electron chi connectivity index (χ1n) is 8.07. The van der Waals surface area contributed by atoms with Crippen molar-refractivity contribution >= 4 is 22.6 Å². The van der Waals surface area contributed by atoms with Crippen LogP contribution in [0, 0.1) is 5.92 Å².